The molecule has 0 aliphatic carbocycles. The second-order valence-electron chi connectivity index (χ2n) is 8.56. The van der Waals surface area contributed by atoms with Gasteiger partial charge in [0.15, 0.2) is 11.5 Å². The molecule has 9 heteroatoms. The summed E-state index contributed by atoms with van der Waals surface area (Å²) in [6.07, 6.45) is 6.83. The van der Waals surface area contributed by atoms with Crippen molar-refractivity contribution in [3.8, 4) is 39.6 Å². The van der Waals surface area contributed by atoms with Gasteiger partial charge in [0.1, 0.15) is 5.82 Å². The first-order chi connectivity index (χ1) is 18.6. The summed E-state index contributed by atoms with van der Waals surface area (Å²) in [5.41, 5.74) is 12.1. The van der Waals surface area contributed by atoms with Crippen molar-refractivity contribution in [2.24, 2.45) is 0 Å². The number of hydrogen-bond donors (Lipinski definition) is 1. The van der Waals surface area contributed by atoms with Crippen molar-refractivity contribution >= 4 is 11.6 Å². The Morgan fingerprint density at radius 3 is 2.29 bits per heavy atom. The van der Waals surface area contributed by atoms with Gasteiger partial charge in [-0.15, -0.1) is 5.10 Å². The number of nitriles is 1. The van der Waals surface area contributed by atoms with E-state index in [0.29, 0.717) is 39.4 Å². The van der Waals surface area contributed by atoms with Gasteiger partial charge < -0.3 is 5.73 Å². The summed E-state index contributed by atoms with van der Waals surface area (Å²) in [6, 6.07) is 21.6. The summed E-state index contributed by atoms with van der Waals surface area (Å²) in [7, 11) is 0. The second-order valence-corrected chi connectivity index (χ2v) is 8.56. The Labute approximate surface area is 216 Å². The summed E-state index contributed by atoms with van der Waals surface area (Å²) in [6.45, 7) is 0. The van der Waals surface area contributed by atoms with Crippen LogP contribution in [0.1, 0.15) is 17.0 Å². The van der Waals surface area contributed by atoms with Gasteiger partial charge in [0.2, 0.25) is 5.95 Å². The largest absolute Gasteiger partial charge is 0.368 e. The number of aromatic nitrogens is 6. The van der Waals surface area contributed by atoms with Crippen LogP contribution in [-0.4, -0.2) is 29.5 Å². The summed E-state index contributed by atoms with van der Waals surface area (Å²) in [5.74, 6) is 0.154. The van der Waals surface area contributed by atoms with E-state index in [1.54, 1.807) is 49.1 Å². The highest BCUT2D eigenvalue weighted by atomic mass is 19.1. The SMILES string of the molecule is N#Cc1cccc(-c2nc(N)n3nc(Cc4c(F)cccc4-c4ccncc4)nc3c2-c2ccncc2)c1. The van der Waals surface area contributed by atoms with E-state index in [-0.39, 0.29) is 18.2 Å². The highest BCUT2D eigenvalue weighted by Crippen LogP contribution is 2.35. The van der Waals surface area contributed by atoms with Gasteiger partial charge in [-0.3, -0.25) is 9.97 Å². The number of halogens is 1. The Bertz CT molecular complexity index is 1830. The van der Waals surface area contributed by atoms with Gasteiger partial charge in [-0.2, -0.15) is 9.78 Å². The smallest absolute Gasteiger partial charge is 0.223 e. The topological polar surface area (TPSA) is 119 Å². The molecule has 0 radical (unpaired) electrons. The Morgan fingerprint density at radius 1 is 0.842 bits per heavy atom. The number of rotatable bonds is 5. The summed E-state index contributed by atoms with van der Waals surface area (Å²) in [4.78, 5) is 17.7. The van der Waals surface area contributed by atoms with Crippen LogP contribution in [-0.2, 0) is 6.42 Å². The van der Waals surface area contributed by atoms with E-state index in [1.807, 2.05) is 36.4 Å². The quantitative estimate of drug-likeness (QED) is 0.351. The van der Waals surface area contributed by atoms with Crippen LogP contribution in [0.4, 0.5) is 10.3 Å². The lowest BCUT2D eigenvalue weighted by Gasteiger charge is -2.12. The zero-order chi connectivity index (χ0) is 26.1. The fraction of sp³-hybridized carbons (Fsp3) is 0.0345. The second kappa shape index (κ2) is 9.52. The van der Waals surface area contributed by atoms with E-state index < -0.39 is 0 Å². The molecule has 6 aromatic rings. The summed E-state index contributed by atoms with van der Waals surface area (Å²) < 4.78 is 16.6. The number of pyridine rings is 2. The van der Waals surface area contributed by atoms with E-state index in [0.717, 1.165) is 16.7 Å². The minimum atomic E-state index is -0.354. The molecule has 0 atom stereocenters. The van der Waals surface area contributed by atoms with Crippen molar-refractivity contribution in [2.75, 3.05) is 5.73 Å². The van der Waals surface area contributed by atoms with Gasteiger partial charge in [-0.1, -0.05) is 24.3 Å². The molecule has 0 fully saturated rings. The highest BCUT2D eigenvalue weighted by molar-refractivity contribution is 5.90. The van der Waals surface area contributed by atoms with E-state index >= 15 is 4.39 Å². The number of benzene rings is 2. The van der Waals surface area contributed by atoms with Crippen LogP contribution in [0.2, 0.25) is 0 Å². The molecule has 0 saturated heterocycles. The Kier molecular flexibility index (Phi) is 5.75. The molecule has 0 saturated carbocycles. The molecule has 0 spiro atoms. The number of nitrogens with two attached hydrogens (primary N) is 1. The zero-order valence-electron chi connectivity index (χ0n) is 20.0. The fourth-order valence-electron chi connectivity index (χ4n) is 4.50. The average molecular weight is 499 g/mol. The number of nitrogen functional groups attached to an aromatic ring is 1. The molecule has 182 valence electrons. The van der Waals surface area contributed by atoms with Crippen LogP contribution in [0.15, 0.2) is 91.5 Å². The lowest BCUT2D eigenvalue weighted by atomic mass is 9.97. The van der Waals surface area contributed by atoms with Gasteiger partial charge in [0.05, 0.1) is 22.9 Å². The van der Waals surface area contributed by atoms with Gasteiger partial charge in [-0.25, -0.2) is 14.4 Å². The van der Waals surface area contributed by atoms with Crippen LogP contribution >= 0.6 is 0 Å². The predicted molar refractivity (Wildman–Crippen MR) is 141 cm³/mol. The van der Waals surface area contributed by atoms with Crippen LogP contribution in [0.5, 0.6) is 0 Å². The monoisotopic (exact) mass is 498 g/mol. The molecular weight excluding hydrogens is 479 g/mol. The van der Waals surface area contributed by atoms with E-state index in [1.165, 1.54) is 10.6 Å². The third kappa shape index (κ3) is 4.10. The molecule has 4 aromatic heterocycles. The lowest BCUT2D eigenvalue weighted by Crippen LogP contribution is -2.06. The maximum Gasteiger partial charge on any atom is 0.223 e. The van der Waals surface area contributed by atoms with Crippen molar-refractivity contribution in [1.29, 1.82) is 5.26 Å². The molecule has 6 rings (SSSR count). The molecule has 0 bridgehead atoms. The standard InChI is InChI=1S/C29H19FN8/c30-24-6-2-5-22(19-7-11-33-12-8-19)23(24)16-25-35-28-26(20-9-13-34-14-10-20)27(36-29(32)38(28)37-25)21-4-1-3-18(15-21)17-31/h1-15H,16H2,(H2,32,36). The third-order valence-corrected chi connectivity index (χ3v) is 6.23. The normalized spacial score (nSPS) is 10.9. The molecule has 0 aliphatic heterocycles. The molecular formula is C29H19FN8. The van der Waals surface area contributed by atoms with Crippen molar-refractivity contribution < 1.29 is 4.39 Å². The zero-order valence-corrected chi connectivity index (χ0v) is 20.0. The number of anilines is 1. The van der Waals surface area contributed by atoms with Crippen molar-refractivity contribution in [3.63, 3.8) is 0 Å². The first-order valence-corrected chi connectivity index (χ1v) is 11.8. The van der Waals surface area contributed by atoms with Crippen LogP contribution < -0.4 is 5.73 Å². The Morgan fingerprint density at radius 2 is 1.55 bits per heavy atom. The Hall–Kier alpha value is -5.49. The molecule has 38 heavy (non-hydrogen) atoms. The van der Waals surface area contributed by atoms with Crippen molar-refractivity contribution in [1.82, 2.24) is 29.5 Å². The van der Waals surface area contributed by atoms with E-state index in [2.05, 4.69) is 26.1 Å². The molecule has 2 aromatic carbocycles. The van der Waals surface area contributed by atoms with Gasteiger partial charge in [-0.05, 0) is 59.2 Å². The number of hydrogen-bond acceptors (Lipinski definition) is 7. The first-order valence-electron chi connectivity index (χ1n) is 11.8. The Balaban J connectivity index is 1.55. The van der Waals surface area contributed by atoms with E-state index in [4.69, 9.17) is 10.7 Å². The number of fused-ring (bicyclic) bond motifs is 1. The summed E-state index contributed by atoms with van der Waals surface area (Å²) in [5, 5.41) is 14.0. The highest BCUT2D eigenvalue weighted by Gasteiger charge is 2.21. The maximum atomic E-state index is 15.1. The molecule has 4 heterocycles. The maximum absolute atomic E-state index is 15.1. The first kappa shape index (κ1) is 22.9. The molecule has 0 aliphatic rings. The lowest BCUT2D eigenvalue weighted by molar-refractivity contribution is 0.613. The van der Waals surface area contributed by atoms with Crippen LogP contribution in [0.25, 0.3) is 39.2 Å². The molecule has 0 unspecified atom stereocenters. The van der Waals surface area contributed by atoms with Crippen molar-refractivity contribution in [3.05, 3.63) is 114 Å². The molecule has 2 N–H and O–H groups in total. The van der Waals surface area contributed by atoms with Crippen LogP contribution in [0, 0.1) is 17.1 Å². The third-order valence-electron chi connectivity index (χ3n) is 6.23. The fourth-order valence-corrected chi connectivity index (χ4v) is 4.50. The van der Waals surface area contributed by atoms with Crippen molar-refractivity contribution in [2.45, 2.75) is 6.42 Å². The van der Waals surface area contributed by atoms with E-state index in [9.17, 15) is 5.26 Å². The summed E-state index contributed by atoms with van der Waals surface area (Å²) >= 11 is 0. The van der Waals surface area contributed by atoms with Gasteiger partial charge in [0, 0.05) is 42.3 Å². The van der Waals surface area contributed by atoms with Gasteiger partial charge in [0.25, 0.3) is 0 Å². The minimum Gasteiger partial charge on any atom is -0.368 e. The average Bonchev–Trinajstić information content (AvgIpc) is 3.39. The number of nitrogens with zero attached hydrogens (tertiary/aromatic N) is 7. The van der Waals surface area contributed by atoms with Crippen LogP contribution in [0.3, 0.4) is 0 Å². The minimum absolute atomic E-state index is 0.122. The predicted octanol–water partition coefficient (Wildman–Crippen LogP) is 5.10. The molecule has 0 amide bonds. The van der Waals surface area contributed by atoms with Gasteiger partial charge >= 0.3 is 0 Å². The molecule has 8 nitrogen and oxygen atoms in total.